The van der Waals surface area contributed by atoms with E-state index in [0.29, 0.717) is 56.5 Å². The molecule has 0 aliphatic carbocycles. The minimum absolute atomic E-state index is 0.0626. The van der Waals surface area contributed by atoms with Gasteiger partial charge in [-0.1, -0.05) is 13.8 Å². The molecule has 1 amide bonds. The van der Waals surface area contributed by atoms with E-state index in [1.165, 1.54) is 4.31 Å². The molecule has 0 unspecified atom stereocenters. The van der Waals surface area contributed by atoms with Crippen molar-refractivity contribution in [1.82, 2.24) is 9.21 Å². The molecular formula is C17H24N2O5S. The Morgan fingerprint density at radius 2 is 1.60 bits per heavy atom. The third-order valence-electron chi connectivity index (χ3n) is 4.50. The van der Waals surface area contributed by atoms with Crippen LogP contribution >= 0.6 is 0 Å². The van der Waals surface area contributed by atoms with Gasteiger partial charge in [0.15, 0.2) is 11.5 Å². The molecule has 2 heterocycles. The van der Waals surface area contributed by atoms with E-state index < -0.39 is 10.0 Å². The second kappa shape index (κ2) is 6.84. The quantitative estimate of drug-likeness (QED) is 0.803. The lowest BCUT2D eigenvalue weighted by molar-refractivity contribution is -0.135. The predicted octanol–water partition coefficient (Wildman–Crippen LogP) is 1.26. The Labute approximate surface area is 148 Å². The Morgan fingerprint density at radius 1 is 1.04 bits per heavy atom. The molecule has 25 heavy (non-hydrogen) atoms. The molecule has 1 fully saturated rings. The summed E-state index contributed by atoms with van der Waals surface area (Å²) in [5.41, 5.74) is 0.630. The number of carbonyl (C=O) groups is 1. The SMILES string of the molecule is Cc1cc2c(cc1S(=O)(=O)N1CCN(C(=O)C(C)C)CC1)OCCO2. The number of rotatable bonds is 3. The molecule has 0 bridgehead atoms. The van der Waals surface area contributed by atoms with Crippen molar-refractivity contribution < 1.29 is 22.7 Å². The fourth-order valence-electron chi connectivity index (χ4n) is 3.10. The van der Waals surface area contributed by atoms with Crippen molar-refractivity contribution in [2.75, 3.05) is 39.4 Å². The molecule has 2 aliphatic rings. The maximum Gasteiger partial charge on any atom is 0.243 e. The highest BCUT2D eigenvalue weighted by Gasteiger charge is 2.32. The van der Waals surface area contributed by atoms with Crippen molar-refractivity contribution in [3.8, 4) is 11.5 Å². The molecule has 7 nitrogen and oxygen atoms in total. The van der Waals surface area contributed by atoms with Crippen molar-refractivity contribution in [2.45, 2.75) is 25.7 Å². The van der Waals surface area contributed by atoms with Gasteiger partial charge in [0.1, 0.15) is 13.2 Å². The summed E-state index contributed by atoms with van der Waals surface area (Å²) in [6.07, 6.45) is 0. The predicted molar refractivity (Wildman–Crippen MR) is 92.3 cm³/mol. The number of nitrogens with zero attached hydrogens (tertiary/aromatic N) is 2. The standard InChI is InChI=1S/C17H24N2O5S/c1-12(2)17(20)18-4-6-19(7-5-18)25(21,22)16-11-15-14(10-13(16)3)23-8-9-24-15/h10-12H,4-9H2,1-3H3. The zero-order valence-electron chi connectivity index (χ0n) is 14.8. The van der Waals surface area contributed by atoms with Crippen molar-refractivity contribution in [3.63, 3.8) is 0 Å². The second-order valence-electron chi connectivity index (χ2n) is 6.65. The van der Waals surface area contributed by atoms with Crippen LogP contribution in [0.1, 0.15) is 19.4 Å². The zero-order valence-corrected chi connectivity index (χ0v) is 15.6. The molecule has 0 spiro atoms. The second-order valence-corrected chi connectivity index (χ2v) is 8.55. The summed E-state index contributed by atoms with van der Waals surface area (Å²) in [7, 11) is -3.64. The van der Waals surface area contributed by atoms with Crippen LogP contribution in [0.4, 0.5) is 0 Å². The number of carbonyl (C=O) groups excluding carboxylic acids is 1. The maximum atomic E-state index is 13.0. The summed E-state index contributed by atoms with van der Waals surface area (Å²) in [6.45, 7) is 7.76. The van der Waals surface area contributed by atoms with E-state index in [1.54, 1.807) is 24.0 Å². The van der Waals surface area contributed by atoms with Gasteiger partial charge in [-0.05, 0) is 18.6 Å². The maximum absolute atomic E-state index is 13.0. The van der Waals surface area contributed by atoms with Crippen LogP contribution in [0.15, 0.2) is 17.0 Å². The molecule has 0 saturated carbocycles. The Balaban J connectivity index is 1.80. The lowest BCUT2D eigenvalue weighted by atomic mass is 10.2. The normalized spacial score (nSPS) is 18.5. The fourth-order valence-corrected chi connectivity index (χ4v) is 4.75. The van der Waals surface area contributed by atoms with Gasteiger partial charge in [0.25, 0.3) is 0 Å². The third-order valence-corrected chi connectivity index (χ3v) is 6.54. The number of hydrogen-bond acceptors (Lipinski definition) is 5. The summed E-state index contributed by atoms with van der Waals surface area (Å²) in [5.74, 6) is 1.02. The summed E-state index contributed by atoms with van der Waals surface area (Å²) in [5, 5.41) is 0. The lowest BCUT2D eigenvalue weighted by Gasteiger charge is -2.35. The van der Waals surface area contributed by atoms with E-state index in [4.69, 9.17) is 9.47 Å². The summed E-state index contributed by atoms with van der Waals surface area (Å²) >= 11 is 0. The highest BCUT2D eigenvalue weighted by Crippen LogP contribution is 2.35. The summed E-state index contributed by atoms with van der Waals surface area (Å²) < 4.78 is 38.5. The van der Waals surface area contributed by atoms with E-state index in [1.807, 2.05) is 13.8 Å². The minimum atomic E-state index is -3.64. The van der Waals surface area contributed by atoms with E-state index in [2.05, 4.69) is 0 Å². The molecule has 138 valence electrons. The fraction of sp³-hybridized carbons (Fsp3) is 0.588. The Kier molecular flexibility index (Phi) is 4.92. The van der Waals surface area contributed by atoms with E-state index >= 15 is 0 Å². The Hall–Kier alpha value is -1.80. The van der Waals surface area contributed by atoms with Gasteiger partial charge in [-0.25, -0.2) is 8.42 Å². The first kappa shape index (κ1) is 18.0. The number of hydrogen-bond donors (Lipinski definition) is 0. The first-order chi connectivity index (χ1) is 11.8. The van der Waals surface area contributed by atoms with Gasteiger partial charge in [-0.3, -0.25) is 4.79 Å². The van der Waals surface area contributed by atoms with Crippen molar-refractivity contribution in [2.24, 2.45) is 5.92 Å². The topological polar surface area (TPSA) is 76.2 Å². The largest absolute Gasteiger partial charge is 0.486 e. The van der Waals surface area contributed by atoms with Crippen LogP contribution in [-0.2, 0) is 14.8 Å². The van der Waals surface area contributed by atoms with Crippen LogP contribution in [0.2, 0.25) is 0 Å². The van der Waals surface area contributed by atoms with Crippen LogP contribution in [0.5, 0.6) is 11.5 Å². The van der Waals surface area contributed by atoms with E-state index in [0.717, 1.165) is 0 Å². The van der Waals surface area contributed by atoms with Crippen molar-refractivity contribution in [3.05, 3.63) is 17.7 Å². The number of sulfonamides is 1. The molecule has 3 rings (SSSR count). The van der Waals surface area contributed by atoms with Gasteiger partial charge >= 0.3 is 0 Å². The number of aryl methyl sites for hydroxylation is 1. The van der Waals surface area contributed by atoms with Gasteiger partial charge in [0.2, 0.25) is 15.9 Å². The number of amides is 1. The highest BCUT2D eigenvalue weighted by atomic mass is 32.2. The van der Waals surface area contributed by atoms with Crippen LogP contribution in [0.25, 0.3) is 0 Å². The Bertz CT molecular complexity index is 767. The minimum Gasteiger partial charge on any atom is -0.486 e. The first-order valence-electron chi connectivity index (χ1n) is 8.50. The molecule has 0 atom stereocenters. The molecule has 8 heteroatoms. The average Bonchev–Trinajstić information content (AvgIpc) is 2.60. The molecule has 1 aromatic carbocycles. The average molecular weight is 368 g/mol. The Morgan fingerprint density at radius 3 is 2.16 bits per heavy atom. The van der Waals surface area contributed by atoms with Gasteiger partial charge in [-0.2, -0.15) is 4.31 Å². The molecular weight excluding hydrogens is 344 g/mol. The van der Waals surface area contributed by atoms with Gasteiger partial charge in [0.05, 0.1) is 4.90 Å². The molecule has 2 aliphatic heterocycles. The number of benzene rings is 1. The van der Waals surface area contributed by atoms with E-state index in [-0.39, 0.29) is 16.7 Å². The highest BCUT2D eigenvalue weighted by molar-refractivity contribution is 7.89. The van der Waals surface area contributed by atoms with Crippen LogP contribution in [0.3, 0.4) is 0 Å². The van der Waals surface area contributed by atoms with Gasteiger partial charge in [0, 0.05) is 38.2 Å². The van der Waals surface area contributed by atoms with Gasteiger partial charge < -0.3 is 14.4 Å². The number of fused-ring (bicyclic) bond motifs is 1. The zero-order chi connectivity index (χ0) is 18.2. The van der Waals surface area contributed by atoms with Crippen molar-refractivity contribution >= 4 is 15.9 Å². The monoisotopic (exact) mass is 368 g/mol. The first-order valence-corrected chi connectivity index (χ1v) is 9.94. The number of piperazine rings is 1. The lowest BCUT2D eigenvalue weighted by Crippen LogP contribution is -2.51. The van der Waals surface area contributed by atoms with E-state index in [9.17, 15) is 13.2 Å². The molecule has 0 aromatic heterocycles. The van der Waals surface area contributed by atoms with Crippen LogP contribution in [-0.4, -0.2) is 62.9 Å². The van der Waals surface area contributed by atoms with Gasteiger partial charge in [-0.15, -0.1) is 0 Å². The third kappa shape index (κ3) is 3.46. The molecule has 0 radical (unpaired) electrons. The molecule has 0 N–H and O–H groups in total. The summed E-state index contributed by atoms with van der Waals surface area (Å²) in [6, 6.07) is 3.25. The molecule has 1 saturated heterocycles. The van der Waals surface area contributed by atoms with Crippen molar-refractivity contribution in [1.29, 1.82) is 0 Å². The van der Waals surface area contributed by atoms with Crippen LogP contribution < -0.4 is 9.47 Å². The van der Waals surface area contributed by atoms with Crippen LogP contribution in [0, 0.1) is 12.8 Å². The summed E-state index contributed by atoms with van der Waals surface area (Å²) in [4.78, 5) is 14.0. The number of ether oxygens (including phenoxy) is 2. The molecule has 1 aromatic rings. The smallest absolute Gasteiger partial charge is 0.243 e.